The van der Waals surface area contributed by atoms with Gasteiger partial charge in [-0.05, 0) is 144 Å². The van der Waals surface area contributed by atoms with Crippen molar-refractivity contribution in [1.82, 2.24) is 14.5 Å². The second-order valence-electron chi connectivity index (χ2n) is 21.6. The summed E-state index contributed by atoms with van der Waals surface area (Å²) in [6.45, 7) is 0. The van der Waals surface area contributed by atoms with Crippen molar-refractivity contribution in [2.24, 2.45) is 0 Å². The van der Waals surface area contributed by atoms with Crippen molar-refractivity contribution in [1.29, 1.82) is 0 Å². The van der Waals surface area contributed by atoms with Gasteiger partial charge in [-0.15, -0.1) is 11.3 Å². The lowest BCUT2D eigenvalue weighted by atomic mass is 9.70. The van der Waals surface area contributed by atoms with Gasteiger partial charge in [-0.3, -0.25) is 4.57 Å². The summed E-state index contributed by atoms with van der Waals surface area (Å²) in [4.78, 5) is 11.8. The summed E-state index contributed by atoms with van der Waals surface area (Å²) in [6, 6.07) is 105. The van der Waals surface area contributed by atoms with E-state index in [1.807, 2.05) is 11.3 Å². The lowest BCUT2D eigenvalue weighted by Crippen LogP contribution is -2.25. The first-order chi connectivity index (χ1) is 40.1. The maximum Gasteiger partial charge on any atom is 0.235 e. The third kappa shape index (κ3) is 6.94. The molecule has 3 nitrogen and oxygen atoms in total. The highest BCUT2D eigenvalue weighted by Crippen LogP contribution is 2.64. The molecule has 0 radical (unpaired) electrons. The molecule has 0 atom stereocenters. The normalized spacial score (nSPS) is 12.8. The fourth-order valence-electron chi connectivity index (χ4n) is 13.7. The summed E-state index contributed by atoms with van der Waals surface area (Å²) in [7, 11) is 0. The van der Waals surface area contributed by atoms with Crippen molar-refractivity contribution in [3.63, 3.8) is 0 Å². The van der Waals surface area contributed by atoms with Crippen LogP contribution in [0.5, 0.6) is 0 Å². The number of hydrogen-bond donors (Lipinski definition) is 0. The smallest absolute Gasteiger partial charge is 0.235 e. The van der Waals surface area contributed by atoms with Gasteiger partial charge < -0.3 is 0 Å². The lowest BCUT2D eigenvalue weighted by molar-refractivity contribution is 0.794. The lowest BCUT2D eigenvalue weighted by Gasteiger charge is -2.30. The van der Waals surface area contributed by atoms with Gasteiger partial charge in [-0.2, -0.15) is 0 Å². The molecule has 0 saturated heterocycles. The van der Waals surface area contributed by atoms with E-state index in [2.05, 4.69) is 290 Å². The van der Waals surface area contributed by atoms with E-state index in [9.17, 15) is 0 Å². The van der Waals surface area contributed by atoms with E-state index >= 15 is 0 Å². The molecule has 1 spiro atoms. The first-order valence-electron chi connectivity index (χ1n) is 27.8. The summed E-state index contributed by atoms with van der Waals surface area (Å²) in [5.41, 5.74) is 24.5. The molecule has 4 heteroatoms. The van der Waals surface area contributed by atoms with Crippen LogP contribution in [0.4, 0.5) is 0 Å². The van der Waals surface area contributed by atoms with E-state index < -0.39 is 5.41 Å². The zero-order valence-corrected chi connectivity index (χ0v) is 44.7. The molecule has 15 aromatic rings. The van der Waals surface area contributed by atoms with Gasteiger partial charge in [0.2, 0.25) is 5.95 Å². The Balaban J connectivity index is 1.02. The van der Waals surface area contributed by atoms with Crippen molar-refractivity contribution in [3.8, 4) is 95.2 Å². The maximum atomic E-state index is 5.92. The number of benzene rings is 12. The Bertz CT molecular complexity index is 4730. The van der Waals surface area contributed by atoms with E-state index in [0.717, 1.165) is 83.4 Å². The van der Waals surface area contributed by atoms with Gasteiger partial charge in [-0.1, -0.05) is 224 Å². The summed E-state index contributed by atoms with van der Waals surface area (Å²) in [5.74, 6) is 0.611. The number of aromatic nitrogens is 3. The van der Waals surface area contributed by atoms with Gasteiger partial charge in [0.15, 0.2) is 0 Å². The molecule has 376 valence electrons. The van der Waals surface area contributed by atoms with Gasteiger partial charge in [0, 0.05) is 47.6 Å². The highest BCUT2D eigenvalue weighted by atomic mass is 32.1. The third-order valence-electron chi connectivity index (χ3n) is 17.2. The first kappa shape index (κ1) is 45.7. The molecule has 0 amide bonds. The predicted molar refractivity (Wildman–Crippen MR) is 338 cm³/mol. The van der Waals surface area contributed by atoms with Crippen molar-refractivity contribution in [3.05, 3.63) is 307 Å². The number of hydrogen-bond acceptors (Lipinski definition) is 3. The molecule has 2 aliphatic rings. The Morgan fingerprint density at radius 1 is 0.284 bits per heavy atom. The van der Waals surface area contributed by atoms with E-state index in [4.69, 9.17) is 9.97 Å². The van der Waals surface area contributed by atoms with Crippen LogP contribution in [0.15, 0.2) is 285 Å². The zero-order valence-electron chi connectivity index (χ0n) is 43.9. The SMILES string of the molecule is c1ccc(-c2cc(-c3ccccc3)cc(-c3cc(-c4cc(-c5ccccc5)cc(-c5ccccc5)c4)nc(-n4c5cc6sc7ccccc7c6cc5c5ccc6c(c54)-c4ccccc4C64c5ccccc5-c5ccccc54)n3)c2)cc1. The van der Waals surface area contributed by atoms with Crippen LogP contribution in [0.2, 0.25) is 0 Å². The van der Waals surface area contributed by atoms with E-state index in [0.29, 0.717) is 5.95 Å². The molecule has 0 saturated carbocycles. The van der Waals surface area contributed by atoms with E-state index in [1.54, 1.807) is 0 Å². The molecule has 0 aliphatic heterocycles. The van der Waals surface area contributed by atoms with E-state index in [-0.39, 0.29) is 0 Å². The van der Waals surface area contributed by atoms with Crippen LogP contribution in [0.1, 0.15) is 22.3 Å². The first-order valence-corrected chi connectivity index (χ1v) is 28.6. The molecule has 0 unspecified atom stereocenters. The number of rotatable bonds is 7. The van der Waals surface area contributed by atoms with Gasteiger partial charge in [0.1, 0.15) is 0 Å². The predicted octanol–water partition coefficient (Wildman–Crippen LogP) is 20.3. The summed E-state index contributed by atoms with van der Waals surface area (Å²) < 4.78 is 4.93. The summed E-state index contributed by atoms with van der Waals surface area (Å²) in [6.07, 6.45) is 0. The molecule has 2 aliphatic carbocycles. The Hall–Kier alpha value is -10.3. The Morgan fingerprint density at radius 2 is 0.716 bits per heavy atom. The number of thiophene rings is 1. The fourth-order valence-corrected chi connectivity index (χ4v) is 14.8. The van der Waals surface area contributed by atoms with Crippen molar-refractivity contribution in [2.75, 3.05) is 0 Å². The molecule has 17 rings (SSSR count). The van der Waals surface area contributed by atoms with Gasteiger partial charge in [-0.25, -0.2) is 9.97 Å². The largest absolute Gasteiger partial charge is 0.277 e. The summed E-state index contributed by atoms with van der Waals surface area (Å²) >= 11 is 1.85. The van der Waals surface area contributed by atoms with Crippen LogP contribution in [0, 0.1) is 0 Å². The molecule has 0 N–H and O–H groups in total. The number of nitrogens with zero attached hydrogens (tertiary/aromatic N) is 3. The molecule has 0 fully saturated rings. The monoisotopic (exact) mass is 1050 g/mol. The maximum absolute atomic E-state index is 5.92. The van der Waals surface area contributed by atoms with Crippen LogP contribution in [-0.4, -0.2) is 14.5 Å². The molecule has 12 aromatic carbocycles. The molecular weight excluding hydrogens is 999 g/mol. The second kappa shape index (κ2) is 17.9. The zero-order chi connectivity index (χ0) is 53.2. The molecule has 0 bridgehead atoms. The molecule has 3 aromatic heterocycles. The van der Waals surface area contributed by atoms with Crippen LogP contribution in [-0.2, 0) is 5.41 Å². The highest BCUT2D eigenvalue weighted by molar-refractivity contribution is 7.25. The third-order valence-corrected chi connectivity index (χ3v) is 18.3. The standard InChI is InChI=1S/C77H47N3S/c1-5-21-48(22-6-1)52-39-53(49-23-7-2-8-24-49)42-56(41-52)69-46-70(57-43-54(50-25-9-3-10-26-50)40-55(44-57)51-27-11-4-12-28-51)79-76(78-69)80-71-47-73-64(60-31-16-20-36-72(60)81-73)45-63(71)61-37-38-68-74(75(61)80)62-32-15-19-35-67(62)77(68)65-33-17-13-29-58(65)59-30-14-18-34-66(59)77/h1-47H. The second-order valence-corrected chi connectivity index (χ2v) is 22.7. The Morgan fingerprint density at radius 3 is 1.23 bits per heavy atom. The van der Waals surface area contributed by atoms with Gasteiger partial charge in [0.05, 0.1) is 27.8 Å². The van der Waals surface area contributed by atoms with Gasteiger partial charge >= 0.3 is 0 Å². The Labute approximate surface area is 473 Å². The van der Waals surface area contributed by atoms with Crippen LogP contribution >= 0.6 is 11.3 Å². The van der Waals surface area contributed by atoms with Crippen molar-refractivity contribution >= 4 is 53.3 Å². The molecular formula is C77H47N3S. The minimum Gasteiger partial charge on any atom is -0.277 e. The van der Waals surface area contributed by atoms with Crippen molar-refractivity contribution < 1.29 is 0 Å². The average molecular weight is 1050 g/mol. The van der Waals surface area contributed by atoms with Crippen LogP contribution in [0.3, 0.4) is 0 Å². The van der Waals surface area contributed by atoms with Crippen molar-refractivity contribution in [2.45, 2.75) is 5.41 Å². The minimum absolute atomic E-state index is 0.545. The molecule has 81 heavy (non-hydrogen) atoms. The van der Waals surface area contributed by atoms with Gasteiger partial charge in [0.25, 0.3) is 0 Å². The molecule has 3 heterocycles. The van der Waals surface area contributed by atoms with E-state index in [1.165, 1.54) is 70.1 Å². The van der Waals surface area contributed by atoms with Crippen LogP contribution < -0.4 is 0 Å². The highest BCUT2D eigenvalue weighted by Gasteiger charge is 2.52. The Kier molecular flexibility index (Phi) is 10.1. The van der Waals surface area contributed by atoms with Crippen LogP contribution in [0.25, 0.3) is 137 Å². The fraction of sp³-hybridized carbons (Fsp3) is 0.0130. The topological polar surface area (TPSA) is 30.7 Å². The average Bonchev–Trinajstić information content (AvgIpc) is 4.43. The quantitative estimate of drug-likeness (QED) is 0.159. The minimum atomic E-state index is -0.545. The number of fused-ring (bicyclic) bond motifs is 17. The summed E-state index contributed by atoms with van der Waals surface area (Å²) in [5, 5.41) is 4.86.